The number of hydrogen-bond acceptors (Lipinski definition) is 9. The van der Waals surface area contributed by atoms with Gasteiger partial charge >= 0.3 is 0 Å². The Hall–Kier alpha value is -3.61. The van der Waals surface area contributed by atoms with Crippen LogP contribution in [0.15, 0.2) is 40.9 Å². The zero-order chi connectivity index (χ0) is 32.6. The summed E-state index contributed by atoms with van der Waals surface area (Å²) < 4.78 is 16.2. The van der Waals surface area contributed by atoms with Crippen LogP contribution in [0.25, 0.3) is 0 Å². The number of ketones is 1. The summed E-state index contributed by atoms with van der Waals surface area (Å²) in [6.07, 6.45) is 0.970. The molecule has 12 nitrogen and oxygen atoms in total. The van der Waals surface area contributed by atoms with Crippen LogP contribution in [0.5, 0.6) is 0 Å². The first-order valence-electron chi connectivity index (χ1n) is 15.8. The molecule has 0 bridgehead atoms. The molecule has 246 valence electrons. The number of benzene rings is 1. The molecule has 1 aromatic heterocycles. The summed E-state index contributed by atoms with van der Waals surface area (Å²) in [4.78, 5) is 56.0. The van der Waals surface area contributed by atoms with Crippen molar-refractivity contribution in [1.29, 1.82) is 0 Å². The molecule has 3 N–H and O–H groups in total. The second-order valence-electron chi connectivity index (χ2n) is 13.0. The Morgan fingerprint density at radius 2 is 1.49 bits per heavy atom. The highest BCUT2D eigenvalue weighted by molar-refractivity contribution is 5.99. The third kappa shape index (κ3) is 10.2. The lowest BCUT2D eigenvalue weighted by Crippen LogP contribution is -2.57. The van der Waals surface area contributed by atoms with Gasteiger partial charge in [0.1, 0.15) is 17.7 Å². The van der Waals surface area contributed by atoms with Crippen LogP contribution in [-0.4, -0.2) is 90.2 Å². The first-order chi connectivity index (χ1) is 21.4. The maximum absolute atomic E-state index is 13.7. The summed E-state index contributed by atoms with van der Waals surface area (Å²) >= 11 is 0. The number of epoxide rings is 1. The number of rotatable bonds is 16. The predicted octanol–water partition coefficient (Wildman–Crippen LogP) is 2.27. The van der Waals surface area contributed by atoms with E-state index in [4.69, 9.17) is 14.0 Å². The molecule has 3 amide bonds. The third-order valence-electron chi connectivity index (χ3n) is 7.96. The third-order valence-corrected chi connectivity index (χ3v) is 7.96. The quantitative estimate of drug-likeness (QED) is 0.238. The molecule has 2 unspecified atom stereocenters. The van der Waals surface area contributed by atoms with Crippen molar-refractivity contribution in [2.45, 2.75) is 84.2 Å². The van der Waals surface area contributed by atoms with Crippen LogP contribution < -0.4 is 16.0 Å². The maximum atomic E-state index is 13.7. The molecule has 0 spiro atoms. The van der Waals surface area contributed by atoms with Gasteiger partial charge in [0.15, 0.2) is 17.2 Å². The van der Waals surface area contributed by atoms with Crippen LogP contribution in [0.4, 0.5) is 0 Å². The largest absolute Gasteiger partial charge is 0.379 e. The first-order valence-corrected chi connectivity index (χ1v) is 15.8. The highest BCUT2D eigenvalue weighted by Crippen LogP contribution is 2.29. The normalized spacial score (nSPS) is 20.3. The Morgan fingerprint density at radius 3 is 2.11 bits per heavy atom. The van der Waals surface area contributed by atoms with E-state index < -0.39 is 41.4 Å². The minimum Gasteiger partial charge on any atom is -0.379 e. The van der Waals surface area contributed by atoms with Gasteiger partial charge in [0.05, 0.1) is 32.4 Å². The van der Waals surface area contributed by atoms with Crippen LogP contribution in [-0.2, 0) is 36.8 Å². The highest BCUT2D eigenvalue weighted by Gasteiger charge is 2.50. The van der Waals surface area contributed by atoms with Gasteiger partial charge in [-0.1, -0.05) is 63.2 Å². The topological polar surface area (TPSA) is 155 Å². The fraction of sp³-hybridized carbons (Fsp3) is 0.606. The number of hydrogen-bond donors (Lipinski definition) is 3. The Balaban J connectivity index is 1.47. The van der Waals surface area contributed by atoms with Gasteiger partial charge in [-0.2, -0.15) is 0 Å². The first kappa shape index (κ1) is 34.3. The molecule has 2 fully saturated rings. The average Bonchev–Trinajstić information content (AvgIpc) is 3.58. The van der Waals surface area contributed by atoms with E-state index in [0.717, 1.165) is 18.7 Å². The molecule has 45 heavy (non-hydrogen) atoms. The summed E-state index contributed by atoms with van der Waals surface area (Å²) in [5.74, 6) is -0.965. The number of aromatic nitrogens is 1. The van der Waals surface area contributed by atoms with Crippen molar-refractivity contribution in [3.8, 4) is 0 Å². The average molecular weight is 626 g/mol. The zero-order valence-corrected chi connectivity index (χ0v) is 27.0. The number of nitrogens with zero attached hydrogens (tertiary/aromatic N) is 2. The summed E-state index contributed by atoms with van der Waals surface area (Å²) in [7, 11) is 0. The highest BCUT2D eigenvalue weighted by atomic mass is 16.6. The fourth-order valence-electron chi connectivity index (χ4n) is 5.33. The smallest absolute Gasteiger partial charge is 0.274 e. The van der Waals surface area contributed by atoms with Crippen LogP contribution >= 0.6 is 0 Å². The second-order valence-corrected chi connectivity index (χ2v) is 13.0. The second kappa shape index (κ2) is 15.6. The van der Waals surface area contributed by atoms with Crippen molar-refractivity contribution in [2.24, 2.45) is 11.8 Å². The summed E-state index contributed by atoms with van der Waals surface area (Å²) in [6, 6.07) is 8.22. The SMILES string of the molecule is CC(C)CC(NC(=O)C(Cc1ccccc1)NC(=O)[C@H](CC(C)C)NC(=O)c1cc(CN2CCOCC2)on1)C(=O)[C@@]1(C)CO1. The molecule has 1 aromatic carbocycles. The Bertz CT molecular complexity index is 1300. The van der Waals surface area contributed by atoms with Crippen molar-refractivity contribution < 1.29 is 33.2 Å². The molecule has 2 aromatic rings. The van der Waals surface area contributed by atoms with Crippen LogP contribution in [0.3, 0.4) is 0 Å². The molecule has 0 saturated carbocycles. The van der Waals surface area contributed by atoms with E-state index in [-0.39, 0.29) is 29.7 Å². The van der Waals surface area contributed by atoms with Crippen molar-refractivity contribution in [3.05, 3.63) is 53.4 Å². The summed E-state index contributed by atoms with van der Waals surface area (Å²) in [5, 5.41) is 12.5. The predicted molar refractivity (Wildman–Crippen MR) is 166 cm³/mol. The molecular formula is C33H47N5O7. The van der Waals surface area contributed by atoms with E-state index in [1.807, 2.05) is 58.0 Å². The number of amides is 3. The van der Waals surface area contributed by atoms with Gasteiger partial charge in [0.25, 0.3) is 5.91 Å². The number of morpholine rings is 1. The van der Waals surface area contributed by atoms with Gasteiger partial charge in [0, 0.05) is 25.6 Å². The molecule has 4 rings (SSSR count). The Morgan fingerprint density at radius 1 is 0.889 bits per heavy atom. The number of ether oxygens (including phenoxy) is 2. The fourth-order valence-corrected chi connectivity index (χ4v) is 5.33. The van der Waals surface area contributed by atoms with Crippen molar-refractivity contribution in [1.82, 2.24) is 26.0 Å². The number of nitrogens with one attached hydrogen (secondary N) is 3. The molecule has 3 heterocycles. The minimum absolute atomic E-state index is 0.0592. The molecule has 2 saturated heterocycles. The summed E-state index contributed by atoms with van der Waals surface area (Å²) in [5.41, 5.74) is 0.00660. The van der Waals surface area contributed by atoms with E-state index in [0.29, 0.717) is 45.0 Å². The van der Waals surface area contributed by atoms with Gasteiger partial charge in [0.2, 0.25) is 11.8 Å². The van der Waals surface area contributed by atoms with Gasteiger partial charge in [-0.3, -0.25) is 24.1 Å². The van der Waals surface area contributed by atoms with Crippen molar-refractivity contribution in [2.75, 3.05) is 32.9 Å². The minimum atomic E-state index is -0.992. The molecule has 2 aliphatic rings. The van der Waals surface area contributed by atoms with Crippen molar-refractivity contribution >= 4 is 23.5 Å². The molecule has 2 aliphatic heterocycles. The van der Waals surface area contributed by atoms with Crippen LogP contribution in [0, 0.1) is 11.8 Å². The van der Waals surface area contributed by atoms with E-state index in [1.165, 1.54) is 0 Å². The van der Waals surface area contributed by atoms with E-state index in [2.05, 4.69) is 26.0 Å². The lowest BCUT2D eigenvalue weighted by Gasteiger charge is -2.27. The standard InChI is InChI=1S/C33H47N5O7/c1-21(2)15-25(29(39)33(5)20-44-33)34-31(41)27(17-23-9-7-6-8-10-23)36-30(40)26(16-22(3)4)35-32(42)28-18-24(45-37-28)19-38-11-13-43-14-12-38/h6-10,18,21-22,25-27H,11-17,19-20H2,1-5H3,(H,34,41)(H,35,42)(H,36,40)/t25?,26-,27?,33+/m0/s1. The van der Waals surface area contributed by atoms with Crippen molar-refractivity contribution in [3.63, 3.8) is 0 Å². The Labute approximate surface area is 264 Å². The molecule has 4 atom stereocenters. The molecule has 0 radical (unpaired) electrons. The monoisotopic (exact) mass is 625 g/mol. The van der Waals surface area contributed by atoms with Gasteiger partial charge in [-0.15, -0.1) is 0 Å². The number of Topliss-reactive ketones (excluding diaryl/α,β-unsaturated/α-hetero) is 1. The van der Waals surface area contributed by atoms with Crippen LogP contribution in [0.1, 0.15) is 69.3 Å². The van der Waals surface area contributed by atoms with Gasteiger partial charge in [-0.25, -0.2) is 0 Å². The molecule has 12 heteroatoms. The van der Waals surface area contributed by atoms with E-state index in [9.17, 15) is 19.2 Å². The summed E-state index contributed by atoms with van der Waals surface area (Å²) in [6.45, 7) is 13.2. The molecular weight excluding hydrogens is 578 g/mol. The maximum Gasteiger partial charge on any atom is 0.274 e. The Kier molecular flexibility index (Phi) is 11.9. The lowest BCUT2D eigenvalue weighted by molar-refractivity contribution is -0.133. The van der Waals surface area contributed by atoms with Crippen LogP contribution in [0.2, 0.25) is 0 Å². The van der Waals surface area contributed by atoms with E-state index in [1.54, 1.807) is 13.0 Å². The molecule has 0 aliphatic carbocycles. The number of carbonyl (C=O) groups is 4. The zero-order valence-electron chi connectivity index (χ0n) is 27.0. The number of carbonyl (C=O) groups excluding carboxylic acids is 4. The van der Waals surface area contributed by atoms with Gasteiger partial charge < -0.3 is 29.9 Å². The van der Waals surface area contributed by atoms with Gasteiger partial charge in [-0.05, 0) is 37.2 Å². The lowest BCUT2D eigenvalue weighted by atomic mass is 9.93. The van der Waals surface area contributed by atoms with E-state index >= 15 is 0 Å².